The molecule has 3 heteroatoms. The Labute approximate surface area is 177 Å². The summed E-state index contributed by atoms with van der Waals surface area (Å²) < 4.78 is 20.5. The van der Waals surface area contributed by atoms with E-state index in [2.05, 4.69) is 5.32 Å². The van der Waals surface area contributed by atoms with Gasteiger partial charge in [-0.1, -0.05) is 67.6 Å². The van der Waals surface area contributed by atoms with E-state index >= 15 is 0 Å². The molecule has 0 amide bonds. The van der Waals surface area contributed by atoms with Crippen molar-refractivity contribution in [3.8, 4) is 22.6 Å². The van der Waals surface area contributed by atoms with Crippen LogP contribution in [0.1, 0.15) is 18.4 Å². The van der Waals surface area contributed by atoms with Crippen molar-refractivity contribution in [2.75, 3.05) is 11.9 Å². The van der Waals surface area contributed by atoms with Gasteiger partial charge >= 0.3 is 0 Å². The van der Waals surface area contributed by atoms with Gasteiger partial charge in [0.1, 0.15) is 17.3 Å². The van der Waals surface area contributed by atoms with Crippen LogP contribution in [0.4, 0.5) is 10.1 Å². The smallest absolute Gasteiger partial charge is 0.127 e. The standard InChI is InChI=1S/C27H24FNO/c1-20(26-17-12-22(18-27(26)28)21-8-4-2-5-9-21)19-29-23-13-15-25(16-14-23)30-24-10-6-3-7-11-24/h2-18,20,29H,19H2,1H3. The SMILES string of the molecule is CC(CNc1ccc(Oc2ccccc2)cc1)c1ccc(-c2ccccc2)cc1F. The van der Waals surface area contributed by atoms with Crippen LogP contribution in [-0.2, 0) is 0 Å². The van der Waals surface area contributed by atoms with E-state index in [1.54, 1.807) is 6.07 Å². The summed E-state index contributed by atoms with van der Waals surface area (Å²) in [6.07, 6.45) is 0. The first-order valence-corrected chi connectivity index (χ1v) is 10.1. The molecule has 4 rings (SSSR count). The van der Waals surface area contributed by atoms with Gasteiger partial charge in [-0.25, -0.2) is 4.39 Å². The second-order valence-corrected chi connectivity index (χ2v) is 7.32. The van der Waals surface area contributed by atoms with Crippen LogP contribution in [-0.4, -0.2) is 6.54 Å². The number of nitrogens with one attached hydrogen (secondary N) is 1. The van der Waals surface area contributed by atoms with Crippen LogP contribution in [0.3, 0.4) is 0 Å². The highest BCUT2D eigenvalue weighted by Gasteiger charge is 2.12. The minimum atomic E-state index is -0.169. The van der Waals surface area contributed by atoms with Gasteiger partial charge < -0.3 is 10.1 Å². The van der Waals surface area contributed by atoms with E-state index in [1.807, 2.05) is 104 Å². The van der Waals surface area contributed by atoms with Crippen LogP contribution in [0.25, 0.3) is 11.1 Å². The van der Waals surface area contributed by atoms with Crippen molar-refractivity contribution >= 4 is 5.69 Å². The molecule has 4 aromatic rings. The molecule has 2 nitrogen and oxygen atoms in total. The maximum absolute atomic E-state index is 14.7. The Kier molecular flexibility index (Phi) is 6.09. The third-order valence-corrected chi connectivity index (χ3v) is 5.08. The minimum Gasteiger partial charge on any atom is -0.457 e. The number of anilines is 1. The van der Waals surface area contributed by atoms with Gasteiger partial charge in [0.05, 0.1) is 0 Å². The molecule has 0 aliphatic rings. The Morgan fingerprint density at radius 3 is 2.03 bits per heavy atom. The van der Waals surface area contributed by atoms with E-state index in [9.17, 15) is 4.39 Å². The Balaban J connectivity index is 1.37. The van der Waals surface area contributed by atoms with E-state index in [-0.39, 0.29) is 11.7 Å². The summed E-state index contributed by atoms with van der Waals surface area (Å²) in [6.45, 7) is 2.67. The van der Waals surface area contributed by atoms with Crippen molar-refractivity contribution in [3.05, 3.63) is 115 Å². The lowest BCUT2D eigenvalue weighted by Gasteiger charge is -2.16. The summed E-state index contributed by atoms with van der Waals surface area (Å²) in [5.41, 5.74) is 3.60. The lowest BCUT2D eigenvalue weighted by atomic mass is 9.96. The largest absolute Gasteiger partial charge is 0.457 e. The first kappa shape index (κ1) is 19.7. The lowest BCUT2D eigenvalue weighted by molar-refractivity contribution is 0.483. The third-order valence-electron chi connectivity index (χ3n) is 5.08. The molecule has 1 atom stereocenters. The van der Waals surface area contributed by atoms with Crippen molar-refractivity contribution in [2.45, 2.75) is 12.8 Å². The van der Waals surface area contributed by atoms with Gasteiger partial charge in [-0.2, -0.15) is 0 Å². The Hall–Kier alpha value is -3.59. The molecule has 1 N–H and O–H groups in total. The molecule has 1 unspecified atom stereocenters. The van der Waals surface area contributed by atoms with Crippen LogP contribution in [0, 0.1) is 5.82 Å². The summed E-state index contributed by atoms with van der Waals surface area (Å²) in [6, 6.07) is 32.8. The molecular weight excluding hydrogens is 373 g/mol. The summed E-state index contributed by atoms with van der Waals surface area (Å²) in [4.78, 5) is 0. The number of hydrogen-bond acceptors (Lipinski definition) is 2. The Morgan fingerprint density at radius 2 is 1.37 bits per heavy atom. The topological polar surface area (TPSA) is 21.3 Å². The number of halogens is 1. The van der Waals surface area contributed by atoms with Crippen molar-refractivity contribution < 1.29 is 9.13 Å². The number of hydrogen-bond donors (Lipinski definition) is 1. The second-order valence-electron chi connectivity index (χ2n) is 7.32. The van der Waals surface area contributed by atoms with Gasteiger partial charge in [-0.15, -0.1) is 0 Å². The van der Waals surface area contributed by atoms with Crippen LogP contribution in [0.5, 0.6) is 11.5 Å². The maximum Gasteiger partial charge on any atom is 0.127 e. The van der Waals surface area contributed by atoms with E-state index in [4.69, 9.17) is 4.74 Å². The molecule has 0 spiro atoms. The minimum absolute atomic E-state index is 0.0371. The molecule has 0 bridgehead atoms. The van der Waals surface area contributed by atoms with Crippen molar-refractivity contribution in [1.82, 2.24) is 0 Å². The highest BCUT2D eigenvalue weighted by Crippen LogP contribution is 2.27. The highest BCUT2D eigenvalue weighted by atomic mass is 19.1. The van der Waals surface area contributed by atoms with Gasteiger partial charge in [0.15, 0.2) is 0 Å². The van der Waals surface area contributed by atoms with Crippen LogP contribution in [0.15, 0.2) is 103 Å². The monoisotopic (exact) mass is 397 g/mol. The Morgan fingerprint density at radius 1 is 0.733 bits per heavy atom. The van der Waals surface area contributed by atoms with Crippen molar-refractivity contribution in [3.63, 3.8) is 0 Å². The third kappa shape index (κ3) is 4.87. The first-order chi connectivity index (χ1) is 14.7. The molecule has 0 aliphatic carbocycles. The normalized spacial score (nSPS) is 11.7. The van der Waals surface area contributed by atoms with Gasteiger partial charge in [0.25, 0.3) is 0 Å². The molecule has 0 saturated carbocycles. The molecule has 30 heavy (non-hydrogen) atoms. The molecule has 0 radical (unpaired) electrons. The predicted molar refractivity (Wildman–Crippen MR) is 122 cm³/mol. The molecule has 0 aliphatic heterocycles. The summed E-state index contributed by atoms with van der Waals surface area (Å²) in [5.74, 6) is 1.45. The maximum atomic E-state index is 14.7. The van der Waals surface area contributed by atoms with Crippen LogP contribution >= 0.6 is 0 Å². The molecular formula is C27H24FNO. The van der Waals surface area contributed by atoms with Gasteiger partial charge in [-0.05, 0) is 59.2 Å². The fraction of sp³-hybridized carbons (Fsp3) is 0.111. The zero-order valence-corrected chi connectivity index (χ0v) is 16.9. The summed E-state index contributed by atoms with van der Waals surface area (Å²) >= 11 is 0. The zero-order valence-electron chi connectivity index (χ0n) is 16.9. The molecule has 4 aromatic carbocycles. The van der Waals surface area contributed by atoms with Crippen LogP contribution < -0.4 is 10.1 Å². The molecule has 150 valence electrons. The summed E-state index contributed by atoms with van der Waals surface area (Å²) in [5, 5.41) is 3.39. The second kappa shape index (κ2) is 9.27. The van der Waals surface area contributed by atoms with Gasteiger partial charge in [0.2, 0.25) is 0 Å². The van der Waals surface area contributed by atoms with E-state index in [1.165, 1.54) is 0 Å². The average Bonchev–Trinajstić information content (AvgIpc) is 2.79. The predicted octanol–water partition coefficient (Wildman–Crippen LogP) is 7.50. The fourth-order valence-corrected chi connectivity index (χ4v) is 3.38. The molecule has 0 fully saturated rings. The molecule has 0 saturated heterocycles. The quantitative estimate of drug-likeness (QED) is 0.348. The van der Waals surface area contributed by atoms with Crippen molar-refractivity contribution in [1.29, 1.82) is 0 Å². The Bertz CT molecular complexity index is 1080. The fourth-order valence-electron chi connectivity index (χ4n) is 3.38. The first-order valence-electron chi connectivity index (χ1n) is 10.1. The average molecular weight is 397 g/mol. The number of benzene rings is 4. The lowest BCUT2D eigenvalue weighted by Crippen LogP contribution is -2.11. The number of rotatable bonds is 7. The summed E-state index contributed by atoms with van der Waals surface area (Å²) in [7, 11) is 0. The van der Waals surface area contributed by atoms with E-state index < -0.39 is 0 Å². The van der Waals surface area contributed by atoms with Gasteiger partial charge in [0, 0.05) is 18.2 Å². The van der Waals surface area contributed by atoms with E-state index in [0.29, 0.717) is 12.1 Å². The molecule has 0 aromatic heterocycles. The van der Waals surface area contributed by atoms with Crippen molar-refractivity contribution in [2.24, 2.45) is 0 Å². The van der Waals surface area contributed by atoms with Gasteiger partial charge in [-0.3, -0.25) is 0 Å². The zero-order chi connectivity index (χ0) is 20.8. The van der Waals surface area contributed by atoms with Crippen LogP contribution in [0.2, 0.25) is 0 Å². The number of ether oxygens (including phenoxy) is 1. The number of para-hydroxylation sites is 1. The van der Waals surface area contributed by atoms with E-state index in [0.717, 1.165) is 28.3 Å². The highest BCUT2D eigenvalue weighted by molar-refractivity contribution is 5.63. The molecule has 0 heterocycles.